The fourth-order valence-electron chi connectivity index (χ4n) is 3.04. The van der Waals surface area contributed by atoms with Gasteiger partial charge in [-0.2, -0.15) is 0 Å². The first-order valence-electron chi connectivity index (χ1n) is 9.41. The van der Waals surface area contributed by atoms with E-state index < -0.39 is 5.60 Å². The zero-order valence-corrected chi connectivity index (χ0v) is 16.6. The van der Waals surface area contributed by atoms with Crippen LogP contribution in [0.25, 0.3) is 22.6 Å². The molecule has 3 aromatic rings. The van der Waals surface area contributed by atoms with E-state index in [1.165, 1.54) is 0 Å². The fraction of sp³-hybridized carbons (Fsp3) is 0.474. The molecular formula is C19H25N7O3. The first-order valence-corrected chi connectivity index (χ1v) is 9.41. The van der Waals surface area contributed by atoms with Crippen LogP contribution in [-0.2, 0) is 13.0 Å². The second-order valence-corrected chi connectivity index (χ2v) is 6.88. The number of imidazole rings is 1. The molecule has 0 amide bonds. The molecule has 0 radical (unpaired) electrons. The zero-order chi connectivity index (χ0) is 21.0. The maximum Gasteiger partial charge on any atom is 0.199 e. The van der Waals surface area contributed by atoms with Gasteiger partial charge in [0.1, 0.15) is 16.6 Å². The van der Waals surface area contributed by atoms with E-state index in [2.05, 4.69) is 26.2 Å². The predicted octanol–water partition coefficient (Wildman–Crippen LogP) is 1.13. The van der Waals surface area contributed by atoms with Crippen molar-refractivity contribution in [1.29, 1.82) is 0 Å². The Morgan fingerprint density at radius 3 is 2.79 bits per heavy atom. The van der Waals surface area contributed by atoms with Gasteiger partial charge in [0.2, 0.25) is 0 Å². The normalized spacial score (nSPS) is 13.3. The maximum atomic E-state index is 10.4. The van der Waals surface area contributed by atoms with E-state index in [0.29, 0.717) is 48.2 Å². The van der Waals surface area contributed by atoms with Crippen LogP contribution in [0.4, 0.5) is 5.82 Å². The van der Waals surface area contributed by atoms with Crippen LogP contribution < -0.4 is 16.2 Å². The fourth-order valence-corrected chi connectivity index (χ4v) is 3.04. The number of pyridine rings is 1. The van der Waals surface area contributed by atoms with Crippen molar-refractivity contribution in [2.45, 2.75) is 45.3 Å². The molecule has 1 unspecified atom stereocenters. The molecule has 0 aliphatic carbocycles. The second kappa shape index (κ2) is 8.46. The van der Waals surface area contributed by atoms with Crippen LogP contribution in [0.1, 0.15) is 32.4 Å². The topological polar surface area (TPSA) is 151 Å². The van der Waals surface area contributed by atoms with Crippen LogP contribution >= 0.6 is 0 Å². The van der Waals surface area contributed by atoms with Gasteiger partial charge >= 0.3 is 0 Å². The second-order valence-electron chi connectivity index (χ2n) is 6.88. The Hall–Kier alpha value is -3.16. The largest absolute Gasteiger partial charge is 0.490 e. The summed E-state index contributed by atoms with van der Waals surface area (Å²) in [6, 6.07) is 0. The minimum absolute atomic E-state index is 0.125. The average molecular weight is 399 g/mol. The Labute approximate surface area is 168 Å². The van der Waals surface area contributed by atoms with E-state index in [-0.39, 0.29) is 12.2 Å². The molecule has 154 valence electrons. The number of anilines is 1. The number of aliphatic hydroxyl groups is 1. The van der Waals surface area contributed by atoms with Crippen molar-refractivity contribution in [2.75, 3.05) is 18.9 Å². The minimum Gasteiger partial charge on any atom is -0.490 e. The van der Waals surface area contributed by atoms with Gasteiger partial charge in [0, 0.05) is 13.0 Å². The molecule has 3 heterocycles. The van der Waals surface area contributed by atoms with E-state index in [9.17, 15) is 5.11 Å². The van der Waals surface area contributed by atoms with E-state index in [4.69, 9.17) is 27.3 Å². The molecule has 0 fully saturated rings. The molecule has 3 rings (SSSR count). The summed E-state index contributed by atoms with van der Waals surface area (Å²) in [7, 11) is 0. The van der Waals surface area contributed by atoms with Gasteiger partial charge in [-0.1, -0.05) is 5.92 Å². The van der Waals surface area contributed by atoms with E-state index in [1.807, 2.05) is 11.5 Å². The molecule has 10 nitrogen and oxygen atoms in total. The molecule has 0 aliphatic heterocycles. The van der Waals surface area contributed by atoms with Gasteiger partial charge in [0.05, 0.1) is 18.5 Å². The first kappa shape index (κ1) is 20.6. The molecule has 10 heteroatoms. The lowest BCUT2D eigenvalue weighted by atomic mass is 10.0. The number of rotatable bonds is 9. The number of nitrogens with zero attached hydrogens (tertiary/aromatic N) is 5. The Morgan fingerprint density at radius 2 is 2.17 bits per heavy atom. The summed E-state index contributed by atoms with van der Waals surface area (Å²) in [5, 5.41) is 17.9. The molecule has 0 aliphatic rings. The van der Waals surface area contributed by atoms with Crippen molar-refractivity contribution in [2.24, 2.45) is 5.73 Å². The number of unbranched alkanes of at least 4 members (excludes halogenated alkanes) is 1. The number of hydrogen-bond acceptors (Lipinski definition) is 9. The molecule has 29 heavy (non-hydrogen) atoms. The summed E-state index contributed by atoms with van der Waals surface area (Å²) < 4.78 is 12.6. The van der Waals surface area contributed by atoms with Crippen LogP contribution in [0.3, 0.4) is 0 Å². The highest BCUT2D eigenvalue weighted by molar-refractivity contribution is 5.88. The Balaban J connectivity index is 2.16. The molecule has 0 bridgehead atoms. The lowest BCUT2D eigenvalue weighted by Crippen LogP contribution is -2.25. The Morgan fingerprint density at radius 1 is 1.38 bits per heavy atom. The summed E-state index contributed by atoms with van der Waals surface area (Å²) in [6.45, 7) is 5.17. The number of aryl methyl sites for hydroxylation is 1. The highest BCUT2D eigenvalue weighted by atomic mass is 16.6. The van der Waals surface area contributed by atoms with Gasteiger partial charge in [-0.25, -0.2) is 9.61 Å². The SMILES string of the molecule is C#CC(C)(O)Cc1ncc(OCCCCN)c2c1nc(-c1nonc1N)n2CC. The van der Waals surface area contributed by atoms with Gasteiger partial charge in [-0.15, -0.1) is 6.42 Å². The summed E-state index contributed by atoms with van der Waals surface area (Å²) in [6.07, 6.45) is 8.87. The average Bonchev–Trinajstić information content (AvgIpc) is 3.29. The maximum absolute atomic E-state index is 10.4. The number of nitrogen functional groups attached to an aromatic ring is 1. The van der Waals surface area contributed by atoms with Gasteiger partial charge in [-0.05, 0) is 43.5 Å². The van der Waals surface area contributed by atoms with Crippen LogP contribution in [0.2, 0.25) is 0 Å². The summed E-state index contributed by atoms with van der Waals surface area (Å²) in [5.74, 6) is 3.54. The quantitative estimate of drug-likeness (QED) is 0.355. The lowest BCUT2D eigenvalue weighted by molar-refractivity contribution is 0.122. The van der Waals surface area contributed by atoms with Gasteiger partial charge < -0.3 is 25.9 Å². The van der Waals surface area contributed by atoms with E-state index in [1.54, 1.807) is 13.1 Å². The van der Waals surface area contributed by atoms with Crippen molar-refractivity contribution in [3.8, 4) is 29.6 Å². The molecule has 3 aromatic heterocycles. The lowest BCUT2D eigenvalue weighted by Gasteiger charge is -2.16. The molecular weight excluding hydrogens is 374 g/mol. The first-order chi connectivity index (χ1) is 13.9. The predicted molar refractivity (Wildman–Crippen MR) is 108 cm³/mol. The van der Waals surface area contributed by atoms with Crippen molar-refractivity contribution in [3.05, 3.63) is 11.9 Å². The number of aromatic nitrogens is 5. The molecule has 0 saturated carbocycles. The molecule has 1 atom stereocenters. The highest BCUT2D eigenvalue weighted by Gasteiger charge is 2.26. The zero-order valence-electron chi connectivity index (χ0n) is 16.6. The molecule has 5 N–H and O–H groups in total. The smallest absolute Gasteiger partial charge is 0.199 e. The molecule has 0 saturated heterocycles. The highest BCUT2D eigenvalue weighted by Crippen LogP contribution is 2.34. The van der Waals surface area contributed by atoms with Gasteiger partial charge in [0.25, 0.3) is 0 Å². The summed E-state index contributed by atoms with van der Waals surface area (Å²) in [5.41, 5.74) is 12.2. The van der Waals surface area contributed by atoms with Crippen molar-refractivity contribution in [1.82, 2.24) is 24.8 Å². The molecule has 0 spiro atoms. The van der Waals surface area contributed by atoms with Crippen LogP contribution in [0.15, 0.2) is 10.8 Å². The number of fused-ring (bicyclic) bond motifs is 1. The van der Waals surface area contributed by atoms with Crippen molar-refractivity contribution < 1.29 is 14.5 Å². The van der Waals surface area contributed by atoms with E-state index in [0.717, 1.165) is 18.4 Å². The number of hydrogen-bond donors (Lipinski definition) is 3. The number of nitrogens with two attached hydrogens (primary N) is 2. The summed E-state index contributed by atoms with van der Waals surface area (Å²) in [4.78, 5) is 9.15. The number of ether oxygens (including phenoxy) is 1. The van der Waals surface area contributed by atoms with Gasteiger partial charge in [-0.3, -0.25) is 4.98 Å². The van der Waals surface area contributed by atoms with E-state index >= 15 is 0 Å². The van der Waals surface area contributed by atoms with Crippen LogP contribution in [0, 0.1) is 12.3 Å². The summed E-state index contributed by atoms with van der Waals surface area (Å²) >= 11 is 0. The van der Waals surface area contributed by atoms with Crippen LogP contribution in [0.5, 0.6) is 5.75 Å². The van der Waals surface area contributed by atoms with Crippen molar-refractivity contribution >= 4 is 16.9 Å². The monoisotopic (exact) mass is 399 g/mol. The third-order valence-corrected chi connectivity index (χ3v) is 4.53. The molecule has 0 aromatic carbocycles. The Bertz CT molecular complexity index is 1030. The number of terminal acetylenes is 1. The third kappa shape index (κ3) is 4.16. The minimum atomic E-state index is -1.37. The third-order valence-electron chi connectivity index (χ3n) is 4.53. The van der Waals surface area contributed by atoms with Crippen LogP contribution in [-0.4, -0.2) is 48.7 Å². The van der Waals surface area contributed by atoms with Gasteiger partial charge in [0.15, 0.2) is 23.1 Å². The van der Waals surface area contributed by atoms with Crippen molar-refractivity contribution in [3.63, 3.8) is 0 Å². The standard InChI is InChI=1S/C19H25N7O3/c1-4-19(3,27)10-12-14-16(13(11-22-12)28-9-7-6-8-20)26(5-2)18(23-14)15-17(21)25-29-24-15/h1,11,27H,5-10,20H2,2-3H3,(H2,21,25). The Kier molecular flexibility index (Phi) is 6.00.